The summed E-state index contributed by atoms with van der Waals surface area (Å²) in [5.41, 5.74) is 0. The van der Waals surface area contributed by atoms with Crippen LogP contribution in [0.25, 0.3) is 0 Å². The molecule has 78 valence electrons. The lowest BCUT2D eigenvalue weighted by molar-refractivity contribution is 0.261. The molecule has 0 saturated heterocycles. The summed E-state index contributed by atoms with van der Waals surface area (Å²) in [7, 11) is 0. The molecule has 1 aromatic rings. The van der Waals surface area contributed by atoms with E-state index in [1.807, 2.05) is 6.92 Å². The maximum atomic E-state index is 13.0. The second-order valence-electron chi connectivity index (χ2n) is 3.15. The maximum Gasteiger partial charge on any atom is 0.167 e. The number of rotatable bonds is 4. The molecule has 0 saturated carbocycles. The van der Waals surface area contributed by atoms with Gasteiger partial charge in [-0.1, -0.05) is 22.9 Å². The summed E-state index contributed by atoms with van der Waals surface area (Å²) in [6.07, 6.45) is 0. The Kier molecular flexibility index (Phi) is 4.32. The third-order valence-electron chi connectivity index (χ3n) is 1.68. The third-order valence-corrected chi connectivity index (χ3v) is 2.79. The standard InChI is InChI=1S/C10H11BrF2O/c1-7(5-11)6-14-10-3-2-8(12)4-9(10)13/h2-4,7H,5-6H2,1H3. The lowest BCUT2D eigenvalue weighted by Gasteiger charge is -2.10. The first kappa shape index (κ1) is 11.4. The lowest BCUT2D eigenvalue weighted by Crippen LogP contribution is -2.10. The van der Waals surface area contributed by atoms with Crippen LogP contribution >= 0.6 is 15.9 Å². The molecule has 0 aliphatic heterocycles. The predicted molar refractivity (Wildman–Crippen MR) is 54.8 cm³/mol. The van der Waals surface area contributed by atoms with E-state index < -0.39 is 11.6 Å². The van der Waals surface area contributed by atoms with Gasteiger partial charge in [-0.15, -0.1) is 0 Å². The van der Waals surface area contributed by atoms with Gasteiger partial charge in [0.25, 0.3) is 0 Å². The number of alkyl halides is 1. The highest BCUT2D eigenvalue weighted by Crippen LogP contribution is 2.18. The minimum atomic E-state index is -0.660. The van der Waals surface area contributed by atoms with Crippen LogP contribution in [0.15, 0.2) is 18.2 Å². The SMILES string of the molecule is CC(CBr)COc1ccc(F)cc1F. The molecular formula is C10H11BrF2O. The molecule has 1 aromatic carbocycles. The van der Waals surface area contributed by atoms with E-state index >= 15 is 0 Å². The molecule has 1 rings (SSSR count). The zero-order valence-corrected chi connectivity index (χ0v) is 9.35. The van der Waals surface area contributed by atoms with Gasteiger partial charge in [-0.05, 0) is 18.1 Å². The van der Waals surface area contributed by atoms with E-state index in [2.05, 4.69) is 15.9 Å². The maximum absolute atomic E-state index is 13.0. The molecule has 0 N–H and O–H groups in total. The normalized spacial score (nSPS) is 12.6. The van der Waals surface area contributed by atoms with Crippen molar-refractivity contribution in [3.63, 3.8) is 0 Å². The average Bonchev–Trinajstić information content (AvgIpc) is 2.16. The van der Waals surface area contributed by atoms with Crippen molar-refractivity contribution < 1.29 is 13.5 Å². The number of hydrogen-bond acceptors (Lipinski definition) is 1. The molecule has 0 aliphatic carbocycles. The van der Waals surface area contributed by atoms with E-state index in [1.165, 1.54) is 12.1 Å². The Morgan fingerprint density at radius 2 is 2.14 bits per heavy atom. The summed E-state index contributed by atoms with van der Waals surface area (Å²) in [6, 6.07) is 3.29. The van der Waals surface area contributed by atoms with Crippen LogP contribution < -0.4 is 4.74 Å². The van der Waals surface area contributed by atoms with Gasteiger partial charge in [0.1, 0.15) is 5.82 Å². The van der Waals surface area contributed by atoms with Crippen LogP contribution in [0.3, 0.4) is 0 Å². The highest BCUT2D eigenvalue weighted by atomic mass is 79.9. The minimum Gasteiger partial charge on any atom is -0.490 e. The van der Waals surface area contributed by atoms with Gasteiger partial charge in [0.2, 0.25) is 0 Å². The first-order chi connectivity index (χ1) is 6.63. The highest BCUT2D eigenvalue weighted by molar-refractivity contribution is 9.09. The molecule has 0 radical (unpaired) electrons. The molecule has 0 heterocycles. The lowest BCUT2D eigenvalue weighted by atomic mass is 10.2. The average molecular weight is 265 g/mol. The molecule has 0 bridgehead atoms. The molecule has 0 aliphatic rings. The molecule has 14 heavy (non-hydrogen) atoms. The topological polar surface area (TPSA) is 9.23 Å². The summed E-state index contributed by atoms with van der Waals surface area (Å²) in [5.74, 6) is -0.867. The van der Waals surface area contributed by atoms with Gasteiger partial charge in [0, 0.05) is 11.4 Å². The predicted octanol–water partition coefficient (Wildman–Crippen LogP) is 3.37. The molecule has 0 amide bonds. The van der Waals surface area contributed by atoms with Crippen molar-refractivity contribution in [3.05, 3.63) is 29.8 Å². The monoisotopic (exact) mass is 264 g/mol. The Bertz CT molecular complexity index is 304. The Morgan fingerprint density at radius 1 is 1.43 bits per heavy atom. The molecule has 1 atom stereocenters. The molecule has 0 aromatic heterocycles. The Hall–Kier alpha value is -0.640. The fourth-order valence-corrected chi connectivity index (χ4v) is 1.06. The van der Waals surface area contributed by atoms with Gasteiger partial charge >= 0.3 is 0 Å². The second kappa shape index (κ2) is 5.29. The summed E-state index contributed by atoms with van der Waals surface area (Å²) in [5, 5.41) is 0.788. The van der Waals surface area contributed by atoms with Gasteiger partial charge in [-0.2, -0.15) is 0 Å². The van der Waals surface area contributed by atoms with Gasteiger partial charge in [0.05, 0.1) is 6.61 Å². The number of ether oxygens (including phenoxy) is 1. The van der Waals surface area contributed by atoms with E-state index in [0.29, 0.717) is 12.5 Å². The quantitative estimate of drug-likeness (QED) is 0.758. The Morgan fingerprint density at radius 3 is 2.71 bits per heavy atom. The van der Waals surface area contributed by atoms with E-state index in [-0.39, 0.29) is 5.75 Å². The van der Waals surface area contributed by atoms with Gasteiger partial charge in [-0.3, -0.25) is 0 Å². The second-order valence-corrected chi connectivity index (χ2v) is 3.79. The summed E-state index contributed by atoms with van der Waals surface area (Å²) >= 11 is 3.28. The van der Waals surface area contributed by atoms with Crippen LogP contribution in [0.5, 0.6) is 5.75 Å². The number of benzene rings is 1. The Labute approximate surface area is 90.2 Å². The first-order valence-corrected chi connectivity index (χ1v) is 5.39. The highest BCUT2D eigenvalue weighted by Gasteiger charge is 2.06. The summed E-state index contributed by atoms with van der Waals surface area (Å²) < 4.78 is 30.7. The van der Waals surface area contributed by atoms with Crippen molar-refractivity contribution in [3.8, 4) is 5.75 Å². The van der Waals surface area contributed by atoms with Crippen LogP contribution in [-0.2, 0) is 0 Å². The van der Waals surface area contributed by atoms with E-state index in [0.717, 1.165) is 11.4 Å². The van der Waals surface area contributed by atoms with Crippen molar-refractivity contribution in [1.82, 2.24) is 0 Å². The van der Waals surface area contributed by atoms with Crippen molar-refractivity contribution in [2.75, 3.05) is 11.9 Å². The van der Waals surface area contributed by atoms with Crippen LogP contribution in [0, 0.1) is 17.6 Å². The van der Waals surface area contributed by atoms with Gasteiger partial charge < -0.3 is 4.74 Å². The minimum absolute atomic E-state index is 0.0965. The van der Waals surface area contributed by atoms with Gasteiger partial charge in [-0.25, -0.2) is 8.78 Å². The van der Waals surface area contributed by atoms with Crippen LogP contribution in [-0.4, -0.2) is 11.9 Å². The largest absolute Gasteiger partial charge is 0.490 e. The van der Waals surface area contributed by atoms with E-state index in [1.54, 1.807) is 0 Å². The van der Waals surface area contributed by atoms with E-state index in [9.17, 15) is 8.78 Å². The van der Waals surface area contributed by atoms with Gasteiger partial charge in [0.15, 0.2) is 11.6 Å². The van der Waals surface area contributed by atoms with Crippen LogP contribution in [0.2, 0.25) is 0 Å². The third kappa shape index (κ3) is 3.25. The van der Waals surface area contributed by atoms with Crippen molar-refractivity contribution in [2.45, 2.75) is 6.92 Å². The molecule has 0 spiro atoms. The molecule has 0 fully saturated rings. The zero-order valence-electron chi connectivity index (χ0n) is 7.77. The number of halogens is 3. The molecule has 1 unspecified atom stereocenters. The van der Waals surface area contributed by atoms with E-state index in [4.69, 9.17) is 4.74 Å². The van der Waals surface area contributed by atoms with Crippen LogP contribution in [0.1, 0.15) is 6.92 Å². The molecule has 4 heteroatoms. The van der Waals surface area contributed by atoms with Crippen molar-refractivity contribution in [1.29, 1.82) is 0 Å². The number of hydrogen-bond donors (Lipinski definition) is 0. The zero-order chi connectivity index (χ0) is 10.6. The summed E-state index contributed by atoms with van der Waals surface area (Å²) in [4.78, 5) is 0. The molecular weight excluding hydrogens is 254 g/mol. The first-order valence-electron chi connectivity index (χ1n) is 4.27. The summed E-state index contributed by atoms with van der Waals surface area (Å²) in [6.45, 7) is 2.38. The molecule has 1 nitrogen and oxygen atoms in total. The van der Waals surface area contributed by atoms with Crippen molar-refractivity contribution in [2.24, 2.45) is 5.92 Å². The van der Waals surface area contributed by atoms with Crippen molar-refractivity contribution >= 4 is 15.9 Å². The smallest absolute Gasteiger partial charge is 0.167 e. The fraction of sp³-hybridized carbons (Fsp3) is 0.400. The fourth-order valence-electron chi connectivity index (χ4n) is 0.869. The van der Waals surface area contributed by atoms with Crippen LogP contribution in [0.4, 0.5) is 8.78 Å². The Balaban J connectivity index is 2.59.